The first-order chi connectivity index (χ1) is 23.8. The fourth-order valence-corrected chi connectivity index (χ4v) is 6.16. The number of carbonyl (C=O) groups is 2. The molecule has 2 amide bonds. The van der Waals surface area contributed by atoms with Crippen molar-refractivity contribution in [3.63, 3.8) is 0 Å². The molecule has 3 atom stereocenters. The van der Waals surface area contributed by atoms with Gasteiger partial charge >= 0.3 is 12.2 Å². The van der Waals surface area contributed by atoms with E-state index in [2.05, 4.69) is 45.5 Å². The van der Waals surface area contributed by atoms with Gasteiger partial charge in [-0.3, -0.25) is 10.6 Å². The van der Waals surface area contributed by atoms with E-state index < -0.39 is 12.2 Å². The third-order valence-corrected chi connectivity index (χ3v) is 9.26. The quantitative estimate of drug-likeness (QED) is 0.123. The molecule has 0 bridgehead atoms. The molecular formula is C39H44Cl2N4O4. The summed E-state index contributed by atoms with van der Waals surface area (Å²) in [4.78, 5) is 23.9. The van der Waals surface area contributed by atoms with E-state index in [4.69, 9.17) is 32.7 Å². The zero-order valence-corrected chi connectivity index (χ0v) is 29.2. The maximum Gasteiger partial charge on any atom is 0.412 e. The summed E-state index contributed by atoms with van der Waals surface area (Å²) in [5.41, 5.74) is 6.19. The number of ether oxygens (including phenoxy) is 2. The third-order valence-electron chi connectivity index (χ3n) is 8.76. The van der Waals surface area contributed by atoms with E-state index >= 15 is 0 Å². The predicted octanol–water partition coefficient (Wildman–Crippen LogP) is 9.32. The van der Waals surface area contributed by atoms with Crippen LogP contribution in [0.25, 0.3) is 0 Å². The minimum atomic E-state index is -0.465. The third kappa shape index (κ3) is 11.8. The number of halogens is 2. The maximum absolute atomic E-state index is 12.0. The van der Waals surface area contributed by atoms with E-state index in [9.17, 15) is 9.59 Å². The maximum atomic E-state index is 12.0. The highest BCUT2D eigenvalue weighted by Gasteiger charge is 2.18. The predicted molar refractivity (Wildman–Crippen MR) is 198 cm³/mol. The Bertz CT molecular complexity index is 1610. The molecule has 4 N–H and O–H groups in total. The molecule has 0 spiro atoms. The number of rotatable bonds is 10. The normalized spacial score (nSPS) is 17.4. The van der Waals surface area contributed by atoms with Crippen LogP contribution in [0, 0.1) is 0 Å². The first kappa shape index (κ1) is 36.2. The number of amides is 2. The molecule has 6 rings (SSSR count). The van der Waals surface area contributed by atoms with E-state index in [1.807, 2.05) is 67.6 Å². The first-order valence-corrected chi connectivity index (χ1v) is 17.6. The van der Waals surface area contributed by atoms with Gasteiger partial charge in [-0.2, -0.15) is 0 Å². The number of hydrogen-bond acceptors (Lipinski definition) is 6. The highest BCUT2D eigenvalue weighted by Crippen LogP contribution is 2.25. The van der Waals surface area contributed by atoms with Crippen LogP contribution in [0.1, 0.15) is 66.4 Å². The van der Waals surface area contributed by atoms with Crippen LogP contribution in [-0.2, 0) is 15.9 Å². The van der Waals surface area contributed by atoms with Crippen molar-refractivity contribution in [2.24, 2.45) is 0 Å². The summed E-state index contributed by atoms with van der Waals surface area (Å²) in [5, 5.41) is 13.7. The summed E-state index contributed by atoms with van der Waals surface area (Å²) in [7, 11) is 0. The topological polar surface area (TPSA) is 101 Å². The summed E-state index contributed by atoms with van der Waals surface area (Å²) in [5.74, 6) is 1.14. The fraction of sp³-hybridized carbons (Fsp3) is 0.333. The standard InChI is InChI=1S/C20H23ClN2O2.C19H21ClN2O2/c21-18-7-3-15(4-8-18)2-1-13-25-20(24)23-19-9-5-16(6-10-19)17-11-12-22-14-17;1-13(14-2-6-17(20)7-3-14)24-19(23)22-18-8-4-15(5-9-18)16-10-11-21-12-16/h3-10,17,22H,1-2,11-14H2,(H,23,24);2-9,13,16,21H,10-12H2,1H3,(H,22,23). The van der Waals surface area contributed by atoms with E-state index in [1.54, 1.807) is 12.1 Å². The van der Waals surface area contributed by atoms with Gasteiger partial charge in [0.1, 0.15) is 6.10 Å². The molecule has 0 aliphatic carbocycles. The molecule has 8 nitrogen and oxygen atoms in total. The van der Waals surface area contributed by atoms with E-state index in [1.165, 1.54) is 23.1 Å². The van der Waals surface area contributed by atoms with Gasteiger partial charge in [-0.15, -0.1) is 0 Å². The van der Waals surface area contributed by atoms with E-state index in [-0.39, 0.29) is 6.10 Å². The number of nitrogens with one attached hydrogen (secondary N) is 4. The average Bonchev–Trinajstić information content (AvgIpc) is 3.85. The average molecular weight is 704 g/mol. The second-order valence-electron chi connectivity index (χ2n) is 12.3. The number of aryl methyl sites for hydroxylation is 1. The molecule has 2 fully saturated rings. The number of hydrogen-bond donors (Lipinski definition) is 4. The lowest BCUT2D eigenvalue weighted by Crippen LogP contribution is -2.16. The van der Waals surface area contributed by atoms with E-state index in [0.717, 1.165) is 67.4 Å². The SMILES string of the molecule is CC(OC(=O)Nc1ccc(C2CCNC2)cc1)c1ccc(Cl)cc1.O=C(Nc1ccc(C2CCNC2)cc1)OCCCc1ccc(Cl)cc1. The Labute approximate surface area is 298 Å². The van der Waals surface area contributed by atoms with Gasteiger partial charge < -0.3 is 20.1 Å². The van der Waals surface area contributed by atoms with Crippen molar-refractivity contribution in [1.29, 1.82) is 0 Å². The lowest BCUT2D eigenvalue weighted by Gasteiger charge is -2.15. The van der Waals surface area contributed by atoms with Crippen molar-refractivity contribution < 1.29 is 19.1 Å². The Morgan fingerprint density at radius 2 is 1.20 bits per heavy atom. The van der Waals surface area contributed by atoms with Crippen molar-refractivity contribution in [2.45, 2.75) is 50.5 Å². The lowest BCUT2D eigenvalue weighted by atomic mass is 9.98. The smallest absolute Gasteiger partial charge is 0.412 e. The molecule has 0 radical (unpaired) electrons. The Morgan fingerprint density at radius 1 is 0.714 bits per heavy atom. The van der Waals surface area contributed by atoms with Gasteiger partial charge in [0.15, 0.2) is 0 Å². The van der Waals surface area contributed by atoms with Crippen molar-refractivity contribution in [3.8, 4) is 0 Å². The van der Waals surface area contributed by atoms with Crippen molar-refractivity contribution in [1.82, 2.24) is 10.6 Å². The molecule has 4 aromatic carbocycles. The van der Waals surface area contributed by atoms with Crippen LogP contribution in [0.3, 0.4) is 0 Å². The highest BCUT2D eigenvalue weighted by molar-refractivity contribution is 6.30. The summed E-state index contributed by atoms with van der Waals surface area (Å²) in [6.07, 6.45) is 2.75. The fourth-order valence-electron chi connectivity index (χ4n) is 5.91. The Kier molecular flexibility index (Phi) is 13.8. The number of carbonyl (C=O) groups excluding carboxylic acids is 2. The molecule has 10 heteroatoms. The summed E-state index contributed by atoms with van der Waals surface area (Å²) in [6.45, 7) is 6.42. The second kappa shape index (κ2) is 18.6. The molecule has 0 aromatic heterocycles. The Balaban J connectivity index is 0.000000191. The number of anilines is 2. The van der Waals surface area contributed by atoms with Crippen LogP contribution in [0.4, 0.5) is 21.0 Å². The van der Waals surface area contributed by atoms with Gasteiger partial charge in [-0.1, -0.05) is 71.7 Å². The summed E-state index contributed by atoms with van der Waals surface area (Å²) < 4.78 is 10.6. The summed E-state index contributed by atoms with van der Waals surface area (Å²) in [6, 6.07) is 31.0. The Hall–Kier alpha value is -4.08. The molecule has 258 valence electrons. The highest BCUT2D eigenvalue weighted by atomic mass is 35.5. The van der Waals surface area contributed by atoms with Crippen LogP contribution >= 0.6 is 23.2 Å². The van der Waals surface area contributed by atoms with Gasteiger partial charge in [-0.25, -0.2) is 9.59 Å². The van der Waals surface area contributed by atoms with Gasteiger partial charge in [0.2, 0.25) is 0 Å². The van der Waals surface area contributed by atoms with Gasteiger partial charge in [0.25, 0.3) is 0 Å². The van der Waals surface area contributed by atoms with Crippen LogP contribution < -0.4 is 21.3 Å². The van der Waals surface area contributed by atoms with E-state index in [0.29, 0.717) is 23.5 Å². The molecule has 4 aromatic rings. The van der Waals surface area contributed by atoms with Gasteiger partial charge in [-0.05, 0) is 128 Å². The van der Waals surface area contributed by atoms with Crippen LogP contribution in [0.5, 0.6) is 0 Å². The molecule has 2 aliphatic rings. The second-order valence-corrected chi connectivity index (χ2v) is 13.2. The molecule has 0 saturated carbocycles. The van der Waals surface area contributed by atoms with Gasteiger partial charge in [0.05, 0.1) is 6.61 Å². The monoisotopic (exact) mass is 702 g/mol. The molecule has 49 heavy (non-hydrogen) atoms. The number of benzene rings is 4. The van der Waals surface area contributed by atoms with Crippen LogP contribution in [0.15, 0.2) is 97.1 Å². The molecule has 2 aliphatic heterocycles. The first-order valence-electron chi connectivity index (χ1n) is 16.8. The zero-order valence-electron chi connectivity index (χ0n) is 27.7. The van der Waals surface area contributed by atoms with Gasteiger partial charge in [0, 0.05) is 34.5 Å². The zero-order chi connectivity index (χ0) is 34.4. The Morgan fingerprint density at radius 3 is 1.69 bits per heavy atom. The molecular weight excluding hydrogens is 659 g/mol. The summed E-state index contributed by atoms with van der Waals surface area (Å²) >= 11 is 11.7. The largest absolute Gasteiger partial charge is 0.449 e. The van der Waals surface area contributed by atoms with Crippen molar-refractivity contribution >= 4 is 46.8 Å². The van der Waals surface area contributed by atoms with Crippen molar-refractivity contribution in [3.05, 3.63) is 129 Å². The van der Waals surface area contributed by atoms with Crippen molar-refractivity contribution in [2.75, 3.05) is 43.4 Å². The van der Waals surface area contributed by atoms with Crippen LogP contribution in [-0.4, -0.2) is 45.0 Å². The lowest BCUT2D eigenvalue weighted by molar-refractivity contribution is 0.121. The molecule has 2 heterocycles. The van der Waals surface area contributed by atoms with Crippen LogP contribution in [0.2, 0.25) is 10.0 Å². The molecule has 3 unspecified atom stereocenters. The molecule has 2 saturated heterocycles. The minimum Gasteiger partial charge on any atom is -0.449 e. The minimum absolute atomic E-state index is 0.342.